The third kappa shape index (κ3) is 2.65. The van der Waals surface area contributed by atoms with Crippen molar-refractivity contribution < 1.29 is 19.1 Å². The average molecular weight is 366 g/mol. The van der Waals surface area contributed by atoms with Gasteiger partial charge >= 0.3 is 5.97 Å². The lowest BCUT2D eigenvalue weighted by molar-refractivity contribution is -0.0226. The van der Waals surface area contributed by atoms with E-state index in [9.17, 15) is 9.90 Å². The van der Waals surface area contributed by atoms with Gasteiger partial charge < -0.3 is 14.3 Å². The Hall–Kier alpha value is -2.07. The minimum atomic E-state index is -0.456. The maximum atomic E-state index is 12.1. The van der Waals surface area contributed by atoms with E-state index in [0.29, 0.717) is 23.5 Å². The number of aliphatic hydroxyl groups is 1. The van der Waals surface area contributed by atoms with Crippen LogP contribution in [0.1, 0.15) is 66.6 Å². The number of aryl methyl sites for hydroxylation is 1. The summed E-state index contributed by atoms with van der Waals surface area (Å²) in [5.41, 5.74) is 2.84. The standard InChI is InChI=1S/C23H26O4/c1-23-11-10-17-16-7-5-15(27-22(25)20-3-2-12-26-20)13-14(16)4-6-18(17)19(23)8-9-21(23)24/h2-3,5,7,12-13,17-19,21,24H,4,6,8-11H2,1H3/t17-,18-,19+,21+,23+/m1/s1. The molecule has 4 heteroatoms. The molecule has 0 spiro atoms. The first-order valence-electron chi connectivity index (χ1n) is 10.1. The smallest absolute Gasteiger partial charge is 0.379 e. The molecule has 2 fully saturated rings. The normalized spacial score (nSPS) is 34.4. The number of aliphatic hydroxyl groups excluding tert-OH is 1. The van der Waals surface area contributed by atoms with Crippen molar-refractivity contribution in [1.29, 1.82) is 0 Å². The lowest BCUT2D eigenvalue weighted by Crippen LogP contribution is -2.43. The second kappa shape index (κ2) is 6.23. The van der Waals surface area contributed by atoms with Gasteiger partial charge in [0.05, 0.1) is 12.4 Å². The third-order valence-corrected chi connectivity index (χ3v) is 7.58. The van der Waals surface area contributed by atoms with Gasteiger partial charge in [-0.1, -0.05) is 13.0 Å². The van der Waals surface area contributed by atoms with E-state index in [1.54, 1.807) is 12.1 Å². The fourth-order valence-corrected chi connectivity index (χ4v) is 6.15. The number of rotatable bonds is 2. The van der Waals surface area contributed by atoms with Crippen LogP contribution in [0.2, 0.25) is 0 Å². The van der Waals surface area contributed by atoms with E-state index >= 15 is 0 Å². The van der Waals surface area contributed by atoms with Gasteiger partial charge in [0, 0.05) is 0 Å². The highest BCUT2D eigenvalue weighted by Crippen LogP contribution is 2.60. The van der Waals surface area contributed by atoms with Gasteiger partial charge in [-0.05, 0) is 97.1 Å². The molecule has 1 N–H and O–H groups in total. The molecule has 2 saturated carbocycles. The fourth-order valence-electron chi connectivity index (χ4n) is 6.15. The molecule has 5 rings (SSSR count). The molecule has 27 heavy (non-hydrogen) atoms. The van der Waals surface area contributed by atoms with Crippen molar-refractivity contribution in [3.8, 4) is 5.75 Å². The van der Waals surface area contributed by atoms with Gasteiger partial charge in [-0.3, -0.25) is 0 Å². The van der Waals surface area contributed by atoms with Gasteiger partial charge in [0.2, 0.25) is 5.76 Å². The van der Waals surface area contributed by atoms with Crippen molar-refractivity contribution in [2.24, 2.45) is 17.3 Å². The van der Waals surface area contributed by atoms with Gasteiger partial charge in [-0.15, -0.1) is 0 Å². The Morgan fingerprint density at radius 1 is 1.22 bits per heavy atom. The zero-order valence-electron chi connectivity index (χ0n) is 15.7. The molecule has 0 bridgehead atoms. The van der Waals surface area contributed by atoms with Crippen molar-refractivity contribution in [3.63, 3.8) is 0 Å². The number of carbonyl (C=O) groups is 1. The van der Waals surface area contributed by atoms with Crippen LogP contribution in [-0.4, -0.2) is 17.2 Å². The fraction of sp³-hybridized carbons (Fsp3) is 0.522. The second-order valence-electron chi connectivity index (χ2n) is 8.78. The van der Waals surface area contributed by atoms with Crippen LogP contribution in [0.15, 0.2) is 41.0 Å². The number of hydrogen-bond acceptors (Lipinski definition) is 4. The predicted octanol–water partition coefficient (Wildman–Crippen LogP) is 4.72. The van der Waals surface area contributed by atoms with E-state index in [2.05, 4.69) is 13.0 Å². The van der Waals surface area contributed by atoms with Crippen LogP contribution in [0, 0.1) is 17.3 Å². The molecule has 0 unspecified atom stereocenters. The summed E-state index contributed by atoms with van der Waals surface area (Å²) in [5, 5.41) is 10.5. The molecule has 0 aliphatic heterocycles. The van der Waals surface area contributed by atoms with Crippen LogP contribution in [0.3, 0.4) is 0 Å². The van der Waals surface area contributed by atoms with E-state index in [-0.39, 0.29) is 17.3 Å². The quantitative estimate of drug-likeness (QED) is 0.617. The number of ether oxygens (including phenoxy) is 1. The Labute approximate surface area is 159 Å². The van der Waals surface area contributed by atoms with Crippen molar-refractivity contribution in [2.45, 2.75) is 57.5 Å². The van der Waals surface area contributed by atoms with Gasteiger partial charge in [0.15, 0.2) is 0 Å². The molecule has 5 atom stereocenters. The number of fused-ring (bicyclic) bond motifs is 5. The van der Waals surface area contributed by atoms with Gasteiger partial charge in [-0.2, -0.15) is 0 Å². The Bertz CT molecular complexity index is 855. The Balaban J connectivity index is 1.38. The van der Waals surface area contributed by atoms with Crippen molar-refractivity contribution >= 4 is 5.97 Å². The summed E-state index contributed by atoms with van der Waals surface area (Å²) in [4.78, 5) is 12.1. The van der Waals surface area contributed by atoms with Crippen molar-refractivity contribution in [2.75, 3.05) is 0 Å². The van der Waals surface area contributed by atoms with Gasteiger partial charge in [0.1, 0.15) is 5.75 Å². The predicted molar refractivity (Wildman–Crippen MR) is 101 cm³/mol. The van der Waals surface area contributed by atoms with E-state index in [0.717, 1.165) is 32.1 Å². The molecule has 3 aliphatic carbocycles. The van der Waals surface area contributed by atoms with Crippen LogP contribution < -0.4 is 4.74 Å². The molecule has 142 valence electrons. The van der Waals surface area contributed by atoms with Crippen LogP contribution >= 0.6 is 0 Å². The molecule has 1 aromatic heterocycles. The summed E-state index contributed by atoms with van der Waals surface area (Å²) < 4.78 is 10.6. The van der Waals surface area contributed by atoms with Crippen molar-refractivity contribution in [1.82, 2.24) is 0 Å². The lowest BCUT2D eigenvalue weighted by atomic mass is 9.55. The number of hydrogen-bond donors (Lipinski definition) is 1. The molecule has 2 aromatic rings. The first kappa shape index (κ1) is 17.1. The highest BCUT2D eigenvalue weighted by Gasteiger charge is 2.54. The average Bonchev–Trinajstić information content (AvgIpc) is 3.30. The largest absolute Gasteiger partial charge is 0.457 e. The number of carbonyl (C=O) groups excluding carboxylic acids is 1. The molecule has 1 aromatic carbocycles. The topological polar surface area (TPSA) is 59.7 Å². The van der Waals surface area contributed by atoms with E-state index in [1.165, 1.54) is 23.8 Å². The molecule has 3 aliphatic rings. The number of esters is 1. The molecule has 0 saturated heterocycles. The lowest BCUT2D eigenvalue weighted by Gasteiger charge is -2.50. The minimum absolute atomic E-state index is 0.108. The molecular formula is C23H26O4. The summed E-state index contributed by atoms with van der Waals surface area (Å²) >= 11 is 0. The van der Waals surface area contributed by atoms with Crippen LogP contribution in [0.4, 0.5) is 0 Å². The molecule has 1 heterocycles. The minimum Gasteiger partial charge on any atom is -0.457 e. The second-order valence-corrected chi connectivity index (χ2v) is 8.78. The molecule has 0 radical (unpaired) electrons. The zero-order valence-corrected chi connectivity index (χ0v) is 15.7. The molecule has 0 amide bonds. The summed E-state index contributed by atoms with van der Waals surface area (Å²) in [6.45, 7) is 2.30. The molecule has 4 nitrogen and oxygen atoms in total. The van der Waals surface area contributed by atoms with E-state index in [1.807, 2.05) is 12.1 Å². The van der Waals surface area contributed by atoms with E-state index < -0.39 is 5.97 Å². The van der Waals surface area contributed by atoms with Gasteiger partial charge in [-0.25, -0.2) is 4.79 Å². The van der Waals surface area contributed by atoms with E-state index in [4.69, 9.17) is 9.15 Å². The zero-order chi connectivity index (χ0) is 18.6. The van der Waals surface area contributed by atoms with Crippen molar-refractivity contribution in [3.05, 3.63) is 53.5 Å². The Morgan fingerprint density at radius 3 is 2.93 bits per heavy atom. The monoisotopic (exact) mass is 366 g/mol. The first-order valence-corrected chi connectivity index (χ1v) is 10.1. The Morgan fingerprint density at radius 2 is 2.11 bits per heavy atom. The Kier molecular flexibility index (Phi) is 3.94. The van der Waals surface area contributed by atoms with Crippen LogP contribution in [-0.2, 0) is 6.42 Å². The maximum absolute atomic E-state index is 12.1. The highest BCUT2D eigenvalue weighted by atomic mass is 16.5. The SMILES string of the molecule is C[C@]12CC[C@@H]3c4ccc(OC(=O)c5ccco5)cc4CC[C@H]3[C@@H]1CC[C@@H]2O. The summed E-state index contributed by atoms with van der Waals surface area (Å²) in [6.07, 6.45) is 7.90. The third-order valence-electron chi connectivity index (χ3n) is 7.58. The van der Waals surface area contributed by atoms with Crippen LogP contribution in [0.25, 0.3) is 0 Å². The number of benzene rings is 1. The summed E-state index contributed by atoms with van der Waals surface area (Å²) in [5.74, 6) is 2.24. The summed E-state index contributed by atoms with van der Waals surface area (Å²) in [6, 6.07) is 9.40. The highest BCUT2D eigenvalue weighted by molar-refractivity contribution is 5.88. The molecular weight excluding hydrogens is 340 g/mol. The van der Waals surface area contributed by atoms with Crippen LogP contribution in [0.5, 0.6) is 5.75 Å². The maximum Gasteiger partial charge on any atom is 0.379 e. The first-order chi connectivity index (χ1) is 13.1. The summed E-state index contributed by atoms with van der Waals surface area (Å²) in [7, 11) is 0. The number of furan rings is 1. The van der Waals surface area contributed by atoms with Gasteiger partial charge in [0.25, 0.3) is 0 Å².